The molecule has 3 aliphatic rings. The van der Waals surface area contributed by atoms with E-state index in [1.54, 1.807) is 0 Å². The molecule has 0 aromatic rings. The van der Waals surface area contributed by atoms with E-state index in [4.69, 9.17) is 0 Å². The minimum atomic E-state index is -0.0966. The Hall–Kier alpha value is -0.810. The fourth-order valence-corrected chi connectivity index (χ4v) is 4.85. The lowest BCUT2D eigenvalue weighted by atomic mass is 9.86. The molecular formula is C20H36ClN3O2. The van der Waals surface area contributed by atoms with Gasteiger partial charge in [0, 0.05) is 32.1 Å². The minimum Gasteiger partial charge on any atom is -0.342 e. The molecule has 0 radical (unpaired) electrons. The zero-order valence-corrected chi connectivity index (χ0v) is 17.2. The summed E-state index contributed by atoms with van der Waals surface area (Å²) in [7, 11) is 1.99. The maximum absolute atomic E-state index is 12.9. The van der Waals surface area contributed by atoms with Gasteiger partial charge in [-0.1, -0.05) is 6.92 Å². The number of hydrogen-bond acceptors (Lipinski definition) is 3. The van der Waals surface area contributed by atoms with Crippen LogP contribution in [0.2, 0.25) is 0 Å². The number of rotatable bonds is 5. The Bertz CT molecular complexity index is 472. The van der Waals surface area contributed by atoms with Crippen molar-refractivity contribution < 1.29 is 9.59 Å². The van der Waals surface area contributed by atoms with Gasteiger partial charge in [0.05, 0.1) is 5.92 Å². The van der Waals surface area contributed by atoms with Crippen LogP contribution in [-0.2, 0) is 9.59 Å². The lowest BCUT2D eigenvalue weighted by Gasteiger charge is -2.35. The van der Waals surface area contributed by atoms with Crippen molar-refractivity contribution in [3.63, 3.8) is 0 Å². The van der Waals surface area contributed by atoms with Crippen LogP contribution in [-0.4, -0.2) is 60.9 Å². The smallest absolute Gasteiger partial charge is 0.227 e. The molecular weight excluding hydrogens is 350 g/mol. The average Bonchev–Trinajstić information content (AvgIpc) is 3.02. The van der Waals surface area contributed by atoms with Crippen LogP contribution in [0.5, 0.6) is 0 Å². The average molecular weight is 386 g/mol. The third-order valence-corrected chi connectivity index (χ3v) is 6.66. The molecule has 26 heavy (non-hydrogen) atoms. The Labute approximate surface area is 164 Å². The van der Waals surface area contributed by atoms with Gasteiger partial charge in [-0.25, -0.2) is 0 Å². The topological polar surface area (TPSA) is 52.7 Å². The molecule has 3 rings (SSSR count). The summed E-state index contributed by atoms with van der Waals surface area (Å²) in [4.78, 5) is 29.4. The van der Waals surface area contributed by atoms with Gasteiger partial charge < -0.3 is 15.1 Å². The van der Waals surface area contributed by atoms with Gasteiger partial charge >= 0.3 is 0 Å². The molecule has 2 aliphatic heterocycles. The van der Waals surface area contributed by atoms with E-state index < -0.39 is 0 Å². The van der Waals surface area contributed by atoms with Crippen LogP contribution in [0.15, 0.2) is 0 Å². The summed E-state index contributed by atoms with van der Waals surface area (Å²) in [5.41, 5.74) is 0. The molecule has 1 saturated carbocycles. The Morgan fingerprint density at radius 2 is 1.77 bits per heavy atom. The first kappa shape index (κ1) is 21.5. The summed E-state index contributed by atoms with van der Waals surface area (Å²) in [6.45, 7) is 5.77. The van der Waals surface area contributed by atoms with Crippen LogP contribution in [0.4, 0.5) is 0 Å². The maximum atomic E-state index is 12.9. The molecule has 0 aromatic carbocycles. The van der Waals surface area contributed by atoms with E-state index in [2.05, 4.69) is 12.2 Å². The Morgan fingerprint density at radius 3 is 2.38 bits per heavy atom. The zero-order valence-electron chi connectivity index (χ0n) is 16.4. The number of piperidine rings is 1. The first-order valence-electron chi connectivity index (χ1n) is 10.3. The van der Waals surface area contributed by atoms with E-state index >= 15 is 0 Å². The number of carbonyl (C=O) groups excluding carboxylic acids is 2. The molecule has 6 heteroatoms. The van der Waals surface area contributed by atoms with Gasteiger partial charge in [-0.15, -0.1) is 12.4 Å². The van der Waals surface area contributed by atoms with Crippen molar-refractivity contribution in [1.82, 2.24) is 15.1 Å². The summed E-state index contributed by atoms with van der Waals surface area (Å²) in [6.07, 6.45) is 8.52. The number of likely N-dealkylation sites (tertiary alicyclic amines) is 2. The monoisotopic (exact) mass is 385 g/mol. The van der Waals surface area contributed by atoms with E-state index in [1.807, 2.05) is 16.8 Å². The molecule has 0 aromatic heterocycles. The van der Waals surface area contributed by atoms with Gasteiger partial charge in [0.2, 0.25) is 11.8 Å². The number of nitrogens with one attached hydrogen (secondary N) is 1. The van der Waals surface area contributed by atoms with Crippen molar-refractivity contribution in [2.45, 2.75) is 64.3 Å². The lowest BCUT2D eigenvalue weighted by Crippen LogP contribution is -2.44. The summed E-state index contributed by atoms with van der Waals surface area (Å²) >= 11 is 0. The summed E-state index contributed by atoms with van der Waals surface area (Å²) in [5, 5.41) is 3.21. The van der Waals surface area contributed by atoms with E-state index in [9.17, 15) is 9.59 Å². The van der Waals surface area contributed by atoms with E-state index in [0.29, 0.717) is 19.0 Å². The Morgan fingerprint density at radius 1 is 1.12 bits per heavy atom. The summed E-state index contributed by atoms with van der Waals surface area (Å²) < 4.78 is 0. The van der Waals surface area contributed by atoms with Crippen molar-refractivity contribution in [3.8, 4) is 0 Å². The molecule has 5 nitrogen and oxygen atoms in total. The summed E-state index contributed by atoms with van der Waals surface area (Å²) in [6, 6.07) is 0.383. The second-order valence-corrected chi connectivity index (χ2v) is 8.52. The van der Waals surface area contributed by atoms with Crippen molar-refractivity contribution >= 4 is 24.2 Å². The molecule has 1 atom stereocenters. The quantitative estimate of drug-likeness (QED) is 0.791. The largest absolute Gasteiger partial charge is 0.342 e. The SMILES string of the molecule is CNCCC1CCN(C(=O)C2CC(=O)N(C3CCC(C)CC3)C2)CC1.Cl. The maximum Gasteiger partial charge on any atom is 0.227 e. The first-order valence-corrected chi connectivity index (χ1v) is 10.3. The molecule has 0 bridgehead atoms. The van der Waals surface area contributed by atoms with Gasteiger partial charge in [-0.3, -0.25) is 9.59 Å². The van der Waals surface area contributed by atoms with Gasteiger partial charge in [0.1, 0.15) is 0 Å². The standard InChI is InChI=1S/C20H35N3O2.ClH/c1-15-3-5-18(6-4-15)23-14-17(13-19(23)24)20(25)22-11-8-16(9-12-22)7-10-21-2;/h15-18,21H,3-14H2,1-2H3;1H. The summed E-state index contributed by atoms with van der Waals surface area (Å²) in [5.74, 6) is 1.87. The van der Waals surface area contributed by atoms with Crippen LogP contribution in [0, 0.1) is 17.8 Å². The predicted octanol–water partition coefficient (Wildman–Crippen LogP) is 2.68. The Balaban J connectivity index is 0.00000243. The molecule has 3 fully saturated rings. The normalized spacial score (nSPS) is 30.4. The second kappa shape index (κ2) is 9.93. The Kier molecular flexibility index (Phi) is 8.21. The molecule has 2 saturated heterocycles. The molecule has 1 N–H and O–H groups in total. The highest BCUT2D eigenvalue weighted by Gasteiger charge is 2.40. The fourth-order valence-electron chi connectivity index (χ4n) is 4.85. The minimum absolute atomic E-state index is 0. The number of halogens is 1. The molecule has 1 unspecified atom stereocenters. The fraction of sp³-hybridized carbons (Fsp3) is 0.900. The number of hydrogen-bond donors (Lipinski definition) is 1. The molecule has 0 spiro atoms. The van der Waals surface area contributed by atoms with Gasteiger partial charge in [0.15, 0.2) is 0 Å². The molecule has 2 heterocycles. The van der Waals surface area contributed by atoms with Crippen LogP contribution < -0.4 is 5.32 Å². The molecule has 2 amide bonds. The van der Waals surface area contributed by atoms with Crippen molar-refractivity contribution in [2.24, 2.45) is 17.8 Å². The van der Waals surface area contributed by atoms with E-state index in [0.717, 1.165) is 57.2 Å². The van der Waals surface area contributed by atoms with Gasteiger partial charge in [-0.2, -0.15) is 0 Å². The van der Waals surface area contributed by atoms with Gasteiger partial charge in [-0.05, 0) is 70.4 Å². The van der Waals surface area contributed by atoms with Crippen LogP contribution in [0.3, 0.4) is 0 Å². The molecule has 150 valence electrons. The third kappa shape index (κ3) is 5.13. The highest BCUT2D eigenvalue weighted by molar-refractivity contribution is 5.89. The van der Waals surface area contributed by atoms with Crippen molar-refractivity contribution in [2.75, 3.05) is 33.2 Å². The highest BCUT2D eigenvalue weighted by atomic mass is 35.5. The first-order chi connectivity index (χ1) is 12.1. The second-order valence-electron chi connectivity index (χ2n) is 8.52. The number of nitrogens with zero attached hydrogens (tertiary/aromatic N) is 2. The van der Waals surface area contributed by atoms with E-state index in [1.165, 1.54) is 19.3 Å². The zero-order chi connectivity index (χ0) is 17.8. The van der Waals surface area contributed by atoms with Crippen molar-refractivity contribution in [1.29, 1.82) is 0 Å². The highest BCUT2D eigenvalue weighted by Crippen LogP contribution is 2.32. The number of carbonyl (C=O) groups is 2. The number of amides is 2. The lowest BCUT2D eigenvalue weighted by molar-refractivity contribution is -0.137. The van der Waals surface area contributed by atoms with Gasteiger partial charge in [0.25, 0.3) is 0 Å². The van der Waals surface area contributed by atoms with E-state index in [-0.39, 0.29) is 30.1 Å². The molecule has 1 aliphatic carbocycles. The predicted molar refractivity (Wildman–Crippen MR) is 106 cm³/mol. The van der Waals surface area contributed by atoms with Crippen LogP contribution in [0.1, 0.15) is 58.3 Å². The van der Waals surface area contributed by atoms with Crippen molar-refractivity contribution in [3.05, 3.63) is 0 Å². The van der Waals surface area contributed by atoms with Crippen LogP contribution in [0.25, 0.3) is 0 Å². The van der Waals surface area contributed by atoms with Crippen LogP contribution >= 0.6 is 12.4 Å². The third-order valence-electron chi connectivity index (χ3n) is 6.66.